The van der Waals surface area contributed by atoms with Crippen LogP contribution < -0.4 is 10.9 Å². The highest BCUT2D eigenvalue weighted by molar-refractivity contribution is 9.10. The number of carbonyl (C=O) groups is 1. The van der Waals surface area contributed by atoms with E-state index in [9.17, 15) is 4.79 Å². The van der Waals surface area contributed by atoms with Gasteiger partial charge in [0.05, 0.1) is 12.1 Å². The van der Waals surface area contributed by atoms with Gasteiger partial charge in [0.1, 0.15) is 10.4 Å². The summed E-state index contributed by atoms with van der Waals surface area (Å²) in [7, 11) is 1.27. The number of ether oxygens (including phenoxy) is 1. The number of rotatable bonds is 2. The number of hydrazine groups is 1. The molecule has 0 spiro atoms. The highest BCUT2D eigenvalue weighted by Gasteiger charge is 2.01. The molecule has 1 aromatic heterocycles. The number of carbonyl (C=O) groups excluding carboxylic acids is 1. The number of hydrogen-bond acceptors (Lipinski definition) is 4. The number of aromatic nitrogens is 1. The van der Waals surface area contributed by atoms with Crippen molar-refractivity contribution in [2.45, 2.75) is 0 Å². The Labute approximate surface area is 93.9 Å². The molecule has 1 aromatic rings. The van der Waals surface area contributed by atoms with E-state index in [0.29, 0.717) is 15.4 Å². The number of methoxy groups -OCH3 is 1. The van der Waals surface area contributed by atoms with Crippen molar-refractivity contribution >= 4 is 39.4 Å². The monoisotopic (exact) mass is 279 g/mol. The molecule has 0 radical (unpaired) electrons. The number of anilines is 1. The van der Waals surface area contributed by atoms with Crippen LogP contribution in [0.1, 0.15) is 0 Å². The van der Waals surface area contributed by atoms with Crippen LogP contribution in [0, 0.1) is 0 Å². The van der Waals surface area contributed by atoms with Gasteiger partial charge in [-0.1, -0.05) is 11.6 Å². The van der Waals surface area contributed by atoms with Gasteiger partial charge in [0.25, 0.3) is 0 Å². The Morgan fingerprint density at radius 3 is 2.93 bits per heavy atom. The zero-order valence-electron chi connectivity index (χ0n) is 7.17. The van der Waals surface area contributed by atoms with Crippen molar-refractivity contribution in [1.82, 2.24) is 10.4 Å². The number of hydrogen-bond donors (Lipinski definition) is 2. The fourth-order valence-electron chi connectivity index (χ4n) is 0.653. The molecular weight excluding hydrogens is 273 g/mol. The van der Waals surface area contributed by atoms with E-state index in [-0.39, 0.29) is 0 Å². The lowest BCUT2D eigenvalue weighted by Gasteiger charge is -2.06. The predicted molar refractivity (Wildman–Crippen MR) is 56.1 cm³/mol. The first-order chi connectivity index (χ1) is 6.63. The predicted octanol–water partition coefficient (Wildman–Crippen LogP) is 2.18. The van der Waals surface area contributed by atoms with Crippen LogP contribution in [0.4, 0.5) is 10.6 Å². The Hall–Kier alpha value is -1.01. The standard InChI is InChI=1S/C7H7BrClN3O2/c1-14-7(13)12-11-5-3-2-4(9)6(8)10-5/h2-3H,1H3,(H,10,11)(H,12,13). The summed E-state index contributed by atoms with van der Waals surface area (Å²) in [4.78, 5) is 14.7. The maximum absolute atomic E-state index is 10.7. The molecule has 1 heterocycles. The second-order valence-electron chi connectivity index (χ2n) is 2.21. The van der Waals surface area contributed by atoms with Crippen molar-refractivity contribution in [2.75, 3.05) is 12.5 Å². The summed E-state index contributed by atoms with van der Waals surface area (Å²) < 4.78 is 4.84. The largest absolute Gasteiger partial charge is 0.452 e. The maximum Gasteiger partial charge on any atom is 0.425 e. The lowest BCUT2D eigenvalue weighted by molar-refractivity contribution is 0.173. The molecule has 0 aromatic carbocycles. The van der Waals surface area contributed by atoms with Crippen LogP contribution in [-0.2, 0) is 4.74 Å². The minimum absolute atomic E-state index is 0.451. The molecule has 0 unspecified atom stereocenters. The zero-order valence-corrected chi connectivity index (χ0v) is 9.52. The number of halogens is 2. The number of pyridine rings is 1. The van der Waals surface area contributed by atoms with Crippen LogP contribution in [-0.4, -0.2) is 18.2 Å². The highest BCUT2D eigenvalue weighted by atomic mass is 79.9. The maximum atomic E-state index is 10.7. The summed E-state index contributed by atoms with van der Waals surface area (Å²) in [5.41, 5.74) is 4.80. The molecule has 0 aliphatic carbocycles. The average Bonchev–Trinajstić information content (AvgIpc) is 2.19. The molecule has 14 heavy (non-hydrogen) atoms. The van der Waals surface area contributed by atoms with Gasteiger partial charge in [0.2, 0.25) is 0 Å². The fraction of sp³-hybridized carbons (Fsp3) is 0.143. The van der Waals surface area contributed by atoms with E-state index in [4.69, 9.17) is 11.6 Å². The van der Waals surface area contributed by atoms with E-state index < -0.39 is 6.09 Å². The molecule has 0 saturated carbocycles. The molecule has 2 N–H and O–H groups in total. The Kier molecular flexibility index (Phi) is 3.97. The van der Waals surface area contributed by atoms with Crippen molar-refractivity contribution in [3.63, 3.8) is 0 Å². The molecule has 0 bridgehead atoms. The quantitative estimate of drug-likeness (QED) is 0.644. The second-order valence-corrected chi connectivity index (χ2v) is 3.37. The first kappa shape index (κ1) is 11.1. The molecular formula is C7H7BrClN3O2. The first-order valence-corrected chi connectivity index (χ1v) is 4.72. The Morgan fingerprint density at radius 2 is 2.36 bits per heavy atom. The normalized spacial score (nSPS) is 9.36. The van der Waals surface area contributed by atoms with Crippen LogP contribution in [0.5, 0.6) is 0 Å². The van der Waals surface area contributed by atoms with Crippen LogP contribution in [0.15, 0.2) is 16.7 Å². The van der Waals surface area contributed by atoms with Crippen LogP contribution >= 0.6 is 27.5 Å². The van der Waals surface area contributed by atoms with Gasteiger partial charge >= 0.3 is 6.09 Å². The molecule has 0 aliphatic rings. The summed E-state index contributed by atoms with van der Waals surface area (Å²) in [5.74, 6) is 0.451. The Morgan fingerprint density at radius 1 is 1.64 bits per heavy atom. The smallest absolute Gasteiger partial charge is 0.425 e. The molecule has 5 nitrogen and oxygen atoms in total. The number of nitrogens with one attached hydrogen (secondary N) is 2. The van der Waals surface area contributed by atoms with Gasteiger partial charge < -0.3 is 4.74 Å². The van der Waals surface area contributed by atoms with Gasteiger partial charge in [-0.3, -0.25) is 5.43 Å². The van der Waals surface area contributed by atoms with E-state index in [1.807, 2.05) is 0 Å². The van der Waals surface area contributed by atoms with Gasteiger partial charge in [-0.05, 0) is 28.1 Å². The molecule has 1 rings (SSSR count). The van der Waals surface area contributed by atoms with Gasteiger partial charge in [-0.15, -0.1) is 0 Å². The summed E-state index contributed by atoms with van der Waals surface area (Å²) in [6, 6.07) is 3.25. The third-order valence-corrected chi connectivity index (χ3v) is 2.42. The van der Waals surface area contributed by atoms with E-state index in [1.54, 1.807) is 12.1 Å². The SMILES string of the molecule is COC(=O)NNc1ccc(Cl)c(Br)n1. The van der Waals surface area contributed by atoms with Gasteiger partial charge in [-0.25, -0.2) is 15.2 Å². The average molecular weight is 281 g/mol. The van der Waals surface area contributed by atoms with Crippen LogP contribution in [0.25, 0.3) is 0 Å². The molecule has 76 valence electrons. The van der Waals surface area contributed by atoms with Crippen LogP contribution in [0.3, 0.4) is 0 Å². The Bertz CT molecular complexity index is 348. The molecule has 0 saturated heterocycles. The van der Waals surface area contributed by atoms with Gasteiger partial charge in [0, 0.05) is 0 Å². The fourth-order valence-corrected chi connectivity index (χ4v) is 1.08. The van der Waals surface area contributed by atoms with Crippen molar-refractivity contribution < 1.29 is 9.53 Å². The lowest BCUT2D eigenvalue weighted by Crippen LogP contribution is -2.29. The molecule has 0 atom stereocenters. The van der Waals surface area contributed by atoms with Crippen molar-refractivity contribution in [3.05, 3.63) is 21.8 Å². The number of amides is 1. The minimum atomic E-state index is -0.599. The van der Waals surface area contributed by atoms with Crippen molar-refractivity contribution in [1.29, 1.82) is 0 Å². The van der Waals surface area contributed by atoms with Gasteiger partial charge in [0.15, 0.2) is 0 Å². The van der Waals surface area contributed by atoms with Crippen molar-refractivity contribution in [3.8, 4) is 0 Å². The molecule has 0 fully saturated rings. The second kappa shape index (κ2) is 5.02. The molecule has 7 heteroatoms. The van der Waals surface area contributed by atoms with Crippen molar-refractivity contribution in [2.24, 2.45) is 0 Å². The molecule has 1 amide bonds. The summed E-state index contributed by atoms with van der Waals surface area (Å²) in [6.45, 7) is 0. The Balaban J connectivity index is 2.60. The highest BCUT2D eigenvalue weighted by Crippen LogP contribution is 2.21. The zero-order chi connectivity index (χ0) is 10.6. The van der Waals surface area contributed by atoms with Crippen LogP contribution in [0.2, 0.25) is 5.02 Å². The van der Waals surface area contributed by atoms with Gasteiger partial charge in [-0.2, -0.15) is 0 Å². The summed E-state index contributed by atoms with van der Waals surface area (Å²) in [5, 5.41) is 0.494. The molecule has 0 aliphatic heterocycles. The van der Waals surface area contributed by atoms with E-state index >= 15 is 0 Å². The van der Waals surface area contributed by atoms with E-state index in [1.165, 1.54) is 7.11 Å². The number of nitrogens with zero attached hydrogens (tertiary/aromatic N) is 1. The summed E-state index contributed by atoms with van der Waals surface area (Å²) in [6.07, 6.45) is -0.599. The van der Waals surface area contributed by atoms with E-state index in [2.05, 4.69) is 36.5 Å². The third kappa shape index (κ3) is 3.04. The topological polar surface area (TPSA) is 63.2 Å². The minimum Gasteiger partial charge on any atom is -0.452 e. The lowest BCUT2D eigenvalue weighted by atomic mass is 10.5. The first-order valence-electron chi connectivity index (χ1n) is 3.55. The van der Waals surface area contributed by atoms with E-state index in [0.717, 1.165) is 0 Å². The summed E-state index contributed by atoms with van der Waals surface area (Å²) >= 11 is 8.86. The third-order valence-electron chi connectivity index (χ3n) is 1.28.